The van der Waals surface area contributed by atoms with Crippen molar-refractivity contribution >= 4 is 17.6 Å². The van der Waals surface area contributed by atoms with E-state index >= 15 is 0 Å². The minimum atomic E-state index is -3.25. The molecule has 0 saturated heterocycles. The van der Waals surface area contributed by atoms with E-state index in [0.29, 0.717) is 0 Å². The molecule has 4 nitrogen and oxygen atoms in total. The number of carboxylic acids is 1. The van der Waals surface area contributed by atoms with Crippen LogP contribution in [0.2, 0.25) is 5.15 Å². The van der Waals surface area contributed by atoms with E-state index in [0.717, 1.165) is 0 Å². The van der Waals surface area contributed by atoms with Gasteiger partial charge in [-0.25, -0.2) is 8.78 Å². The highest BCUT2D eigenvalue weighted by atomic mass is 35.5. The smallest absolute Gasteiger partial charge is 0.320 e. The quantitative estimate of drug-likeness (QED) is 0.870. The number of aromatic nitrogens is 2. The Kier molecular flexibility index (Phi) is 2.08. The van der Waals surface area contributed by atoms with Crippen molar-refractivity contribution in [3.63, 3.8) is 0 Å². The topological polar surface area (TPSA) is 55.1 Å². The summed E-state index contributed by atoms with van der Waals surface area (Å²) in [5.41, 5.74) is -2.04. The molecule has 1 heterocycles. The lowest BCUT2D eigenvalue weighted by Gasteiger charge is -2.10. The van der Waals surface area contributed by atoms with Crippen LogP contribution in [0.15, 0.2) is 0 Å². The van der Waals surface area contributed by atoms with Crippen molar-refractivity contribution in [2.75, 3.05) is 0 Å². The summed E-state index contributed by atoms with van der Waals surface area (Å²) in [5, 5.41) is 12.8. The van der Waals surface area contributed by atoms with Gasteiger partial charge >= 0.3 is 5.97 Å². The summed E-state index contributed by atoms with van der Waals surface area (Å²) in [4.78, 5) is 11.0. The van der Waals surface area contributed by atoms with E-state index in [1.54, 1.807) is 0 Å². The maximum absolute atomic E-state index is 13.3. The first-order valence-electron chi connectivity index (χ1n) is 4.55. The number of rotatable bonds is 2. The Labute approximate surface area is 94.8 Å². The summed E-state index contributed by atoms with van der Waals surface area (Å²) in [7, 11) is 1.48. The number of alkyl halides is 2. The lowest BCUT2D eigenvalue weighted by atomic mass is 9.96. The molecule has 1 N–H and O–H groups in total. The fraction of sp³-hybridized carbons (Fsp3) is 0.556. The summed E-state index contributed by atoms with van der Waals surface area (Å²) in [6.07, 6.45) is -0.721. The maximum atomic E-state index is 13.3. The molecule has 1 saturated carbocycles. The second-order valence-electron chi connectivity index (χ2n) is 3.97. The molecule has 1 atom stereocenters. The van der Waals surface area contributed by atoms with E-state index in [9.17, 15) is 13.6 Å². The van der Waals surface area contributed by atoms with Crippen LogP contribution in [-0.2, 0) is 17.3 Å². The molecular formula is C9H9ClF2N2O2. The number of carboxylic acid groups (broad SMARTS) is 1. The first-order valence-corrected chi connectivity index (χ1v) is 4.92. The fourth-order valence-corrected chi connectivity index (χ4v) is 2.35. The van der Waals surface area contributed by atoms with Crippen LogP contribution in [0.4, 0.5) is 8.78 Å². The number of halogens is 3. The van der Waals surface area contributed by atoms with Crippen LogP contribution in [0.25, 0.3) is 0 Å². The highest BCUT2D eigenvalue weighted by Crippen LogP contribution is 2.63. The van der Waals surface area contributed by atoms with Crippen LogP contribution < -0.4 is 0 Å². The summed E-state index contributed by atoms with van der Waals surface area (Å²) < 4.78 is 27.8. The molecule has 1 aromatic rings. The van der Waals surface area contributed by atoms with E-state index in [1.807, 2.05) is 0 Å². The van der Waals surface area contributed by atoms with Crippen molar-refractivity contribution in [3.8, 4) is 0 Å². The van der Waals surface area contributed by atoms with E-state index in [1.165, 1.54) is 18.7 Å². The zero-order valence-electron chi connectivity index (χ0n) is 8.59. The number of aliphatic carboxylic acids is 1. The third-order valence-corrected chi connectivity index (χ3v) is 3.36. The van der Waals surface area contributed by atoms with Gasteiger partial charge in [0.05, 0.1) is 5.69 Å². The predicted octanol–water partition coefficient (Wildman–Crippen LogP) is 1.74. The molecule has 0 aromatic carbocycles. The summed E-state index contributed by atoms with van der Waals surface area (Å²) in [6.45, 7) is 1.47. The van der Waals surface area contributed by atoms with Crippen molar-refractivity contribution < 1.29 is 18.7 Å². The monoisotopic (exact) mass is 250 g/mol. The molecule has 0 spiro atoms. The molecule has 1 unspecified atom stereocenters. The van der Waals surface area contributed by atoms with Gasteiger partial charge in [-0.15, -0.1) is 0 Å². The van der Waals surface area contributed by atoms with Crippen LogP contribution in [0.1, 0.15) is 17.7 Å². The molecular weight excluding hydrogens is 242 g/mol. The molecule has 2 rings (SSSR count). The third-order valence-electron chi connectivity index (χ3n) is 2.93. The van der Waals surface area contributed by atoms with E-state index < -0.39 is 23.7 Å². The number of nitrogens with zero attached hydrogens (tertiary/aromatic N) is 2. The Morgan fingerprint density at radius 1 is 1.62 bits per heavy atom. The Morgan fingerprint density at radius 3 is 2.38 bits per heavy atom. The largest absolute Gasteiger partial charge is 0.480 e. The minimum absolute atomic E-state index is 0.0444. The third kappa shape index (κ3) is 1.13. The van der Waals surface area contributed by atoms with Crippen LogP contribution in [0, 0.1) is 6.92 Å². The zero-order chi connectivity index (χ0) is 12.3. The minimum Gasteiger partial charge on any atom is -0.480 e. The predicted molar refractivity (Wildman–Crippen MR) is 51.8 cm³/mol. The average Bonchev–Trinajstić information content (AvgIpc) is 2.60. The first kappa shape index (κ1) is 11.3. The van der Waals surface area contributed by atoms with Gasteiger partial charge in [0, 0.05) is 19.0 Å². The zero-order valence-corrected chi connectivity index (χ0v) is 9.35. The fourth-order valence-electron chi connectivity index (χ4n) is 2.01. The van der Waals surface area contributed by atoms with E-state index in [4.69, 9.17) is 16.7 Å². The Morgan fingerprint density at radius 2 is 2.12 bits per heavy atom. The SMILES string of the molecule is Cc1nn(C)c(Cl)c1C1(C(=O)O)CC1(F)F. The second kappa shape index (κ2) is 2.94. The van der Waals surface area contributed by atoms with Gasteiger partial charge in [0.25, 0.3) is 5.92 Å². The number of hydrogen-bond acceptors (Lipinski definition) is 2. The van der Waals surface area contributed by atoms with Crippen molar-refractivity contribution in [1.82, 2.24) is 9.78 Å². The van der Waals surface area contributed by atoms with Crippen molar-refractivity contribution in [2.45, 2.75) is 24.7 Å². The van der Waals surface area contributed by atoms with Gasteiger partial charge in [-0.1, -0.05) is 11.6 Å². The van der Waals surface area contributed by atoms with Gasteiger partial charge in [0.2, 0.25) is 0 Å². The molecule has 1 aromatic heterocycles. The van der Waals surface area contributed by atoms with Crippen molar-refractivity contribution in [2.24, 2.45) is 7.05 Å². The standard InChI is InChI=1S/C9H9ClF2N2O2/c1-4-5(6(10)14(2)13-4)8(7(15)16)3-9(8,11)12/h3H2,1-2H3,(H,15,16). The van der Waals surface area contributed by atoms with Crippen LogP contribution >= 0.6 is 11.6 Å². The van der Waals surface area contributed by atoms with E-state index in [2.05, 4.69) is 5.10 Å². The average molecular weight is 251 g/mol. The Balaban J connectivity index is 2.64. The van der Waals surface area contributed by atoms with Gasteiger partial charge in [-0.3, -0.25) is 9.48 Å². The number of hydrogen-bond donors (Lipinski definition) is 1. The molecule has 16 heavy (non-hydrogen) atoms. The Hall–Kier alpha value is -1.17. The van der Waals surface area contributed by atoms with Gasteiger partial charge in [-0.05, 0) is 6.92 Å². The van der Waals surface area contributed by atoms with Gasteiger partial charge in [0.15, 0.2) is 5.41 Å². The molecule has 88 valence electrons. The molecule has 0 bridgehead atoms. The van der Waals surface area contributed by atoms with E-state index in [-0.39, 0.29) is 16.4 Å². The summed E-state index contributed by atoms with van der Waals surface area (Å²) in [5.74, 6) is -4.81. The van der Waals surface area contributed by atoms with Crippen LogP contribution in [0.3, 0.4) is 0 Å². The molecule has 1 aliphatic rings. The van der Waals surface area contributed by atoms with Gasteiger partial charge < -0.3 is 5.11 Å². The lowest BCUT2D eigenvalue weighted by molar-refractivity contribution is -0.143. The molecule has 1 fully saturated rings. The Bertz CT molecular complexity index is 486. The summed E-state index contributed by atoms with van der Waals surface area (Å²) >= 11 is 5.81. The molecule has 0 aliphatic heterocycles. The van der Waals surface area contributed by atoms with Gasteiger partial charge in [-0.2, -0.15) is 5.10 Å². The first-order chi connectivity index (χ1) is 7.24. The van der Waals surface area contributed by atoms with Gasteiger partial charge in [0.1, 0.15) is 5.15 Å². The van der Waals surface area contributed by atoms with Crippen molar-refractivity contribution in [3.05, 3.63) is 16.4 Å². The van der Waals surface area contributed by atoms with Crippen molar-refractivity contribution in [1.29, 1.82) is 0 Å². The maximum Gasteiger partial charge on any atom is 0.320 e. The molecule has 1 aliphatic carbocycles. The lowest BCUT2D eigenvalue weighted by Crippen LogP contribution is -2.27. The van der Waals surface area contributed by atoms with Crippen LogP contribution in [0.5, 0.6) is 0 Å². The highest BCUT2D eigenvalue weighted by Gasteiger charge is 2.78. The normalized spacial score (nSPS) is 26.8. The molecule has 0 amide bonds. The second-order valence-corrected chi connectivity index (χ2v) is 4.32. The summed E-state index contributed by atoms with van der Waals surface area (Å²) in [6, 6.07) is 0. The van der Waals surface area contributed by atoms with Crippen LogP contribution in [-0.4, -0.2) is 26.8 Å². The number of aryl methyl sites for hydroxylation is 2. The molecule has 0 radical (unpaired) electrons. The highest BCUT2D eigenvalue weighted by molar-refractivity contribution is 6.31. The number of carbonyl (C=O) groups is 1. The molecule has 7 heteroatoms.